The molecule has 12 unspecified atom stereocenters. The Bertz CT molecular complexity index is 2210. The van der Waals surface area contributed by atoms with Crippen molar-refractivity contribution >= 4 is 5.91 Å². The number of allylic oxidation sites excluding steroid dienone is 25. The fourth-order valence-electron chi connectivity index (χ4n) is 11.1. The quantitative estimate of drug-likeness (QED) is 0.0204. The Morgan fingerprint density at radius 2 is 0.737 bits per heavy atom. The first kappa shape index (κ1) is 86.7. The minimum absolute atomic E-state index is 0.229. The van der Waals surface area contributed by atoms with Crippen LogP contribution in [0.15, 0.2) is 158 Å². The predicted octanol–water partition coefficient (Wildman–Crippen LogP) is 16.2. The lowest BCUT2D eigenvalue weighted by atomic mass is 9.97. The van der Waals surface area contributed by atoms with Gasteiger partial charge in [-0.05, 0) is 122 Å². The summed E-state index contributed by atoms with van der Waals surface area (Å²) in [5, 5.41) is 87.5. The number of hydrogen-bond acceptors (Lipinski definition) is 13. The topological polar surface area (TPSA) is 228 Å². The summed E-state index contributed by atoms with van der Waals surface area (Å²) in [5.41, 5.74) is 0. The molecule has 0 saturated carbocycles. The molecule has 0 aromatic carbocycles. The van der Waals surface area contributed by atoms with Crippen LogP contribution in [0.25, 0.3) is 0 Å². The van der Waals surface area contributed by atoms with Crippen LogP contribution in [0.1, 0.15) is 251 Å². The van der Waals surface area contributed by atoms with Gasteiger partial charge in [0.25, 0.3) is 0 Å². The molecule has 2 aliphatic rings. The molecule has 2 rings (SSSR count). The Labute approximate surface area is 575 Å². The maximum atomic E-state index is 13.3. The van der Waals surface area contributed by atoms with Crippen LogP contribution in [0.4, 0.5) is 0 Å². The van der Waals surface area contributed by atoms with Crippen LogP contribution in [-0.2, 0) is 23.7 Å². The van der Waals surface area contributed by atoms with E-state index in [1.54, 1.807) is 6.08 Å². The Kier molecular flexibility index (Phi) is 57.6. The molecule has 14 nitrogen and oxygen atoms in total. The summed E-state index contributed by atoms with van der Waals surface area (Å²) in [6.07, 6.45) is 80.1. The molecular weight excluding hydrogens is 1190 g/mol. The van der Waals surface area contributed by atoms with E-state index >= 15 is 0 Å². The number of hydrogen-bond donors (Lipinski definition) is 9. The van der Waals surface area contributed by atoms with E-state index in [0.29, 0.717) is 12.8 Å². The predicted molar refractivity (Wildman–Crippen MR) is 391 cm³/mol. The van der Waals surface area contributed by atoms with Crippen molar-refractivity contribution in [1.29, 1.82) is 0 Å². The lowest BCUT2D eigenvalue weighted by molar-refractivity contribution is -0.359. The highest BCUT2D eigenvalue weighted by Crippen LogP contribution is 2.30. The van der Waals surface area contributed by atoms with Crippen molar-refractivity contribution in [3.05, 3.63) is 158 Å². The highest BCUT2D eigenvalue weighted by molar-refractivity contribution is 5.76. The lowest BCUT2D eigenvalue weighted by Gasteiger charge is -2.46. The van der Waals surface area contributed by atoms with E-state index in [4.69, 9.17) is 18.9 Å². The van der Waals surface area contributed by atoms with Gasteiger partial charge in [0.2, 0.25) is 5.91 Å². The molecule has 95 heavy (non-hydrogen) atoms. The molecule has 0 bridgehead atoms. The number of nitrogens with one attached hydrogen (secondary N) is 1. The average Bonchev–Trinajstić information content (AvgIpc) is 0.800. The first-order chi connectivity index (χ1) is 46.6. The first-order valence-corrected chi connectivity index (χ1v) is 37.2. The molecule has 2 saturated heterocycles. The summed E-state index contributed by atoms with van der Waals surface area (Å²) in [6.45, 7) is 2.65. The van der Waals surface area contributed by atoms with Gasteiger partial charge in [-0.3, -0.25) is 4.79 Å². The van der Waals surface area contributed by atoms with Gasteiger partial charge in [-0.15, -0.1) is 0 Å². The molecule has 0 spiro atoms. The van der Waals surface area contributed by atoms with Gasteiger partial charge < -0.3 is 65.1 Å². The number of carbonyl (C=O) groups is 1. The molecule has 0 aromatic rings. The molecule has 0 radical (unpaired) electrons. The van der Waals surface area contributed by atoms with Crippen LogP contribution in [0.3, 0.4) is 0 Å². The molecule has 0 aliphatic carbocycles. The molecule has 2 heterocycles. The molecule has 0 aromatic heterocycles. The Morgan fingerprint density at radius 3 is 1.16 bits per heavy atom. The van der Waals surface area contributed by atoms with Crippen LogP contribution in [0.5, 0.6) is 0 Å². The van der Waals surface area contributed by atoms with E-state index in [1.807, 2.05) is 6.08 Å². The molecule has 14 heteroatoms. The lowest BCUT2D eigenvalue weighted by Crippen LogP contribution is -2.65. The monoisotopic (exact) mass is 1330 g/mol. The van der Waals surface area contributed by atoms with Crippen molar-refractivity contribution in [2.24, 2.45) is 0 Å². The molecule has 12 atom stereocenters. The van der Waals surface area contributed by atoms with E-state index in [2.05, 4.69) is 165 Å². The number of amides is 1. The van der Waals surface area contributed by atoms with E-state index in [-0.39, 0.29) is 18.9 Å². The van der Waals surface area contributed by atoms with E-state index in [9.17, 15) is 45.6 Å². The largest absolute Gasteiger partial charge is 0.394 e. The van der Waals surface area contributed by atoms with E-state index < -0.39 is 86.8 Å². The number of ether oxygens (including phenoxy) is 4. The van der Waals surface area contributed by atoms with Crippen molar-refractivity contribution in [3.8, 4) is 0 Å². The van der Waals surface area contributed by atoms with Gasteiger partial charge in [0, 0.05) is 6.42 Å². The third kappa shape index (κ3) is 46.5. The SMILES string of the molecule is CC/C=C\C/C=C\C/C=C\C/C=C\C/C=C\C/C=C\C/C=C\C/C=C\C/C=C\C/C=C\CCCCCCC(=O)NC(COC1OC(CO)C(OC2OC(CO)C(O)C(O)C2O)C(O)C1O)C(O)/C=C/CC/C=C/CC/C=C/CCCCCCCCCCCCCCCCCC. The summed E-state index contributed by atoms with van der Waals surface area (Å²) in [6, 6.07) is -0.966. The van der Waals surface area contributed by atoms with Crippen molar-refractivity contribution in [2.45, 2.75) is 325 Å². The fourth-order valence-corrected chi connectivity index (χ4v) is 11.1. The second-order valence-corrected chi connectivity index (χ2v) is 25.3. The molecule has 1 amide bonds. The summed E-state index contributed by atoms with van der Waals surface area (Å²) in [7, 11) is 0. The highest BCUT2D eigenvalue weighted by Gasteiger charge is 2.51. The second kappa shape index (κ2) is 63.1. The molecule has 2 aliphatic heterocycles. The summed E-state index contributed by atoms with van der Waals surface area (Å²) < 4.78 is 22.8. The number of aliphatic hydroxyl groups is 8. The standard InChI is InChI=1S/C81H133NO13/c1-3-5-7-9-11-13-15-17-19-21-23-25-27-29-31-32-33-34-35-36-37-38-39-41-43-45-47-49-51-53-55-57-59-61-63-65-73(86)82-69(68-92-80-78(91)76(89)79(72(67-84)94-80)95-81-77(90)75(88)74(87)71(66-83)93-81)70(85)64-62-60-58-56-54-52-50-48-46-44-42-40-30-28-26-24-22-20-18-16-14-12-10-8-6-4-2/h5,7,11,13,17,19,23,25,29,31,33-34,36-37,39,41,45-48,51,53-54,56,62,64,69-72,74-81,83-85,87-91H,3-4,6,8-10,12,14-16,18,20-22,24,26-28,30,32,35,38,40,42-44,49-50,52,55,57-61,63,65-68H2,1-2H3,(H,82,86)/b7-5-,13-11-,19-17-,25-23-,31-29-,34-33-,37-36-,41-39-,47-45-,48-46+,53-51-,56-54+,64-62+. The van der Waals surface area contributed by atoms with Gasteiger partial charge in [-0.2, -0.15) is 0 Å². The van der Waals surface area contributed by atoms with Crippen molar-refractivity contribution in [2.75, 3.05) is 19.8 Å². The normalized spacial score (nSPS) is 23.3. The Balaban J connectivity index is 1.71. The van der Waals surface area contributed by atoms with Gasteiger partial charge in [0.15, 0.2) is 12.6 Å². The maximum absolute atomic E-state index is 13.3. The van der Waals surface area contributed by atoms with Crippen LogP contribution < -0.4 is 5.32 Å². The minimum Gasteiger partial charge on any atom is -0.394 e. The van der Waals surface area contributed by atoms with Gasteiger partial charge >= 0.3 is 0 Å². The Morgan fingerprint density at radius 1 is 0.389 bits per heavy atom. The van der Waals surface area contributed by atoms with Crippen LogP contribution in [-0.4, -0.2) is 140 Å². The summed E-state index contributed by atoms with van der Waals surface area (Å²) in [5.74, 6) is -0.283. The molecule has 9 N–H and O–H groups in total. The molecule has 540 valence electrons. The van der Waals surface area contributed by atoms with Gasteiger partial charge in [-0.1, -0.05) is 281 Å². The van der Waals surface area contributed by atoms with Crippen molar-refractivity contribution in [3.63, 3.8) is 0 Å². The van der Waals surface area contributed by atoms with Gasteiger partial charge in [0.1, 0.15) is 48.8 Å². The van der Waals surface area contributed by atoms with Crippen LogP contribution in [0, 0.1) is 0 Å². The fraction of sp³-hybridized carbons (Fsp3) is 0.667. The zero-order chi connectivity index (χ0) is 68.7. The first-order valence-electron chi connectivity index (χ1n) is 37.2. The highest BCUT2D eigenvalue weighted by atomic mass is 16.7. The number of rotatable bonds is 59. The number of unbranched alkanes of at least 4 members (excludes halogenated alkanes) is 22. The van der Waals surface area contributed by atoms with E-state index in [1.165, 1.54) is 103 Å². The third-order valence-corrected chi connectivity index (χ3v) is 16.9. The van der Waals surface area contributed by atoms with Gasteiger partial charge in [-0.25, -0.2) is 0 Å². The summed E-state index contributed by atoms with van der Waals surface area (Å²) >= 11 is 0. The molecule has 2 fully saturated rings. The van der Waals surface area contributed by atoms with Crippen molar-refractivity contribution in [1.82, 2.24) is 5.32 Å². The van der Waals surface area contributed by atoms with Crippen molar-refractivity contribution < 1.29 is 64.6 Å². The molecular formula is C81H133NO13. The number of carbonyl (C=O) groups excluding carboxylic acids is 1. The number of aliphatic hydroxyl groups excluding tert-OH is 8. The van der Waals surface area contributed by atoms with E-state index in [0.717, 1.165) is 116 Å². The summed E-state index contributed by atoms with van der Waals surface area (Å²) in [4.78, 5) is 13.3. The zero-order valence-electron chi connectivity index (χ0n) is 58.8. The maximum Gasteiger partial charge on any atom is 0.220 e. The van der Waals surface area contributed by atoms with Gasteiger partial charge in [0.05, 0.1) is 32.0 Å². The zero-order valence-corrected chi connectivity index (χ0v) is 58.8. The third-order valence-electron chi connectivity index (χ3n) is 16.9. The minimum atomic E-state index is -1.80. The average molecular weight is 1330 g/mol. The second-order valence-electron chi connectivity index (χ2n) is 25.3. The van der Waals surface area contributed by atoms with Crippen LogP contribution in [0.2, 0.25) is 0 Å². The Hall–Kier alpha value is -4.39. The smallest absolute Gasteiger partial charge is 0.220 e. The van der Waals surface area contributed by atoms with Crippen LogP contribution >= 0.6 is 0 Å².